The normalized spacial score (nSPS) is 11.9. The van der Waals surface area contributed by atoms with Gasteiger partial charge in [0.1, 0.15) is 6.10 Å². The largest absolute Gasteiger partial charge is 0.453 e. The lowest BCUT2D eigenvalue weighted by molar-refractivity contribution is -0.385. The first-order valence-electron chi connectivity index (χ1n) is 5.83. The molecule has 1 heterocycles. The second-order valence-electron chi connectivity index (χ2n) is 4.22. The van der Waals surface area contributed by atoms with Crippen LogP contribution < -0.4 is 0 Å². The fourth-order valence-corrected chi connectivity index (χ4v) is 2.20. The molecule has 6 nitrogen and oxygen atoms in total. The maximum atomic E-state index is 11.8. The van der Waals surface area contributed by atoms with Gasteiger partial charge in [-0.3, -0.25) is 10.1 Å². The number of nitro groups is 1. The molecule has 1 aromatic heterocycles. The van der Waals surface area contributed by atoms with Gasteiger partial charge in [0.2, 0.25) is 0 Å². The van der Waals surface area contributed by atoms with Gasteiger partial charge in [0.15, 0.2) is 5.69 Å². The molecule has 0 spiro atoms. The second-order valence-corrected chi connectivity index (χ2v) is 4.94. The predicted molar refractivity (Wildman–Crippen MR) is 73.8 cm³/mol. The van der Waals surface area contributed by atoms with Crippen LogP contribution in [-0.2, 0) is 4.74 Å². The topological polar surface area (TPSA) is 82.3 Å². The van der Waals surface area contributed by atoms with Crippen molar-refractivity contribution in [2.75, 3.05) is 0 Å². The molecule has 0 aliphatic rings. The summed E-state index contributed by atoms with van der Waals surface area (Å²) in [6, 6.07) is 4.77. The van der Waals surface area contributed by atoms with E-state index in [4.69, 9.17) is 4.74 Å². The van der Waals surface area contributed by atoms with Gasteiger partial charge in [-0.05, 0) is 19.4 Å². The lowest BCUT2D eigenvalue weighted by Crippen LogP contribution is -2.10. The number of nitro benzene ring substituents is 1. The summed E-state index contributed by atoms with van der Waals surface area (Å²) in [5, 5.41) is 12.5. The fraction of sp³-hybridized carbons (Fsp3) is 0.231. The van der Waals surface area contributed by atoms with Crippen LogP contribution >= 0.6 is 11.3 Å². The summed E-state index contributed by atoms with van der Waals surface area (Å²) in [4.78, 5) is 26.1. The van der Waals surface area contributed by atoms with Crippen molar-refractivity contribution in [2.45, 2.75) is 20.0 Å². The van der Waals surface area contributed by atoms with Gasteiger partial charge in [0.25, 0.3) is 5.69 Å². The Labute approximate surface area is 119 Å². The minimum Gasteiger partial charge on any atom is -0.453 e. The van der Waals surface area contributed by atoms with Crippen molar-refractivity contribution in [3.8, 4) is 0 Å². The quantitative estimate of drug-likeness (QED) is 0.490. The molecule has 7 heteroatoms. The SMILES string of the molecule is Cc1ccc([C@@H](C)OC(=O)c2cscn2)cc1[N+](=O)[O-]. The van der Waals surface area contributed by atoms with Gasteiger partial charge in [-0.15, -0.1) is 11.3 Å². The van der Waals surface area contributed by atoms with Gasteiger partial charge < -0.3 is 4.74 Å². The number of aromatic nitrogens is 1. The van der Waals surface area contributed by atoms with Crippen molar-refractivity contribution in [2.24, 2.45) is 0 Å². The molecule has 0 N–H and O–H groups in total. The van der Waals surface area contributed by atoms with Crippen molar-refractivity contribution in [1.82, 2.24) is 4.98 Å². The first-order chi connectivity index (χ1) is 9.49. The Morgan fingerprint density at radius 1 is 1.50 bits per heavy atom. The van der Waals surface area contributed by atoms with E-state index in [1.807, 2.05) is 0 Å². The Bertz CT molecular complexity index is 640. The van der Waals surface area contributed by atoms with E-state index in [2.05, 4.69) is 4.98 Å². The van der Waals surface area contributed by atoms with Crippen molar-refractivity contribution in [3.05, 3.63) is 56.0 Å². The molecule has 0 radical (unpaired) electrons. The zero-order valence-corrected chi connectivity index (χ0v) is 11.7. The smallest absolute Gasteiger partial charge is 0.358 e. The first-order valence-corrected chi connectivity index (χ1v) is 6.77. The zero-order valence-electron chi connectivity index (χ0n) is 10.9. The van der Waals surface area contributed by atoms with Crippen molar-refractivity contribution < 1.29 is 14.5 Å². The van der Waals surface area contributed by atoms with Crippen LogP contribution in [0.25, 0.3) is 0 Å². The van der Waals surface area contributed by atoms with Crippen LogP contribution in [-0.4, -0.2) is 15.9 Å². The third-order valence-electron chi connectivity index (χ3n) is 2.82. The molecule has 0 saturated heterocycles. The highest BCUT2D eigenvalue weighted by Gasteiger charge is 2.18. The van der Waals surface area contributed by atoms with Crippen LogP contribution in [0, 0.1) is 17.0 Å². The van der Waals surface area contributed by atoms with E-state index in [1.54, 1.807) is 31.4 Å². The molecule has 0 amide bonds. The van der Waals surface area contributed by atoms with Gasteiger partial charge in [-0.1, -0.05) is 12.1 Å². The average Bonchev–Trinajstić information content (AvgIpc) is 2.92. The Morgan fingerprint density at radius 2 is 2.25 bits per heavy atom. The summed E-state index contributed by atoms with van der Waals surface area (Å²) in [5.41, 5.74) is 2.93. The molecule has 1 aromatic carbocycles. The Balaban J connectivity index is 2.17. The molecule has 0 bridgehead atoms. The second kappa shape index (κ2) is 5.79. The summed E-state index contributed by atoms with van der Waals surface area (Å²) in [6.07, 6.45) is -0.580. The molecular weight excluding hydrogens is 280 g/mol. The highest BCUT2D eigenvalue weighted by atomic mass is 32.1. The molecule has 2 rings (SSSR count). The van der Waals surface area contributed by atoms with Crippen LogP contribution in [0.5, 0.6) is 0 Å². The fourth-order valence-electron chi connectivity index (χ4n) is 1.68. The van der Waals surface area contributed by atoms with Crippen LogP contribution in [0.4, 0.5) is 5.69 Å². The summed E-state index contributed by atoms with van der Waals surface area (Å²) in [5.74, 6) is -0.540. The van der Waals surface area contributed by atoms with E-state index >= 15 is 0 Å². The number of benzene rings is 1. The third-order valence-corrected chi connectivity index (χ3v) is 3.41. The van der Waals surface area contributed by atoms with Crippen LogP contribution in [0.2, 0.25) is 0 Å². The molecule has 2 aromatic rings. The number of aryl methyl sites for hydroxylation is 1. The highest BCUT2D eigenvalue weighted by molar-refractivity contribution is 7.07. The van der Waals surface area contributed by atoms with Crippen molar-refractivity contribution in [3.63, 3.8) is 0 Å². The molecule has 104 valence electrons. The molecule has 1 atom stereocenters. The van der Waals surface area contributed by atoms with E-state index in [0.29, 0.717) is 11.1 Å². The number of carbonyl (C=O) groups excluding carboxylic acids is 1. The number of thiazole rings is 1. The lowest BCUT2D eigenvalue weighted by Gasteiger charge is -2.13. The lowest BCUT2D eigenvalue weighted by atomic mass is 10.1. The number of hydrogen-bond acceptors (Lipinski definition) is 6. The number of esters is 1. The summed E-state index contributed by atoms with van der Waals surface area (Å²) in [7, 11) is 0. The van der Waals surface area contributed by atoms with E-state index in [9.17, 15) is 14.9 Å². The molecular formula is C13H12N2O4S. The van der Waals surface area contributed by atoms with E-state index in [0.717, 1.165) is 0 Å². The van der Waals surface area contributed by atoms with Crippen LogP contribution in [0.15, 0.2) is 29.1 Å². The summed E-state index contributed by atoms with van der Waals surface area (Å²) < 4.78 is 5.24. The summed E-state index contributed by atoms with van der Waals surface area (Å²) in [6.45, 7) is 3.33. The standard InChI is InChI=1S/C13H12N2O4S/c1-8-3-4-10(5-12(8)15(17)18)9(2)19-13(16)11-6-20-7-14-11/h3-7,9H,1-2H3/t9-/m1/s1. The zero-order chi connectivity index (χ0) is 14.7. The first kappa shape index (κ1) is 14.1. The van der Waals surface area contributed by atoms with Crippen molar-refractivity contribution in [1.29, 1.82) is 0 Å². The van der Waals surface area contributed by atoms with E-state index < -0.39 is 17.0 Å². The third kappa shape index (κ3) is 3.00. The molecule has 0 unspecified atom stereocenters. The number of nitrogens with zero attached hydrogens (tertiary/aromatic N) is 2. The van der Waals surface area contributed by atoms with Crippen LogP contribution in [0.1, 0.15) is 34.6 Å². The predicted octanol–water partition coefficient (Wildman–Crippen LogP) is 3.28. The highest BCUT2D eigenvalue weighted by Crippen LogP contribution is 2.25. The molecule has 20 heavy (non-hydrogen) atoms. The van der Waals surface area contributed by atoms with Crippen molar-refractivity contribution >= 4 is 23.0 Å². The molecule has 0 saturated carbocycles. The van der Waals surface area contributed by atoms with Gasteiger partial charge in [0, 0.05) is 17.0 Å². The van der Waals surface area contributed by atoms with Gasteiger partial charge in [0.05, 0.1) is 10.4 Å². The number of carbonyl (C=O) groups is 1. The van der Waals surface area contributed by atoms with Crippen LogP contribution in [0.3, 0.4) is 0 Å². The minimum atomic E-state index is -0.580. The minimum absolute atomic E-state index is 0.0130. The number of rotatable bonds is 4. The molecule has 0 aliphatic heterocycles. The summed E-state index contributed by atoms with van der Waals surface area (Å²) >= 11 is 1.30. The van der Waals surface area contributed by atoms with Gasteiger partial charge in [-0.25, -0.2) is 9.78 Å². The Morgan fingerprint density at radius 3 is 2.85 bits per heavy atom. The Hall–Kier alpha value is -2.28. The molecule has 0 fully saturated rings. The maximum Gasteiger partial charge on any atom is 0.358 e. The maximum absolute atomic E-state index is 11.8. The Kier molecular flexibility index (Phi) is 4.09. The van der Waals surface area contributed by atoms with E-state index in [-0.39, 0.29) is 11.4 Å². The number of hydrogen-bond donors (Lipinski definition) is 0. The molecule has 0 aliphatic carbocycles. The average molecular weight is 292 g/mol. The number of ether oxygens (including phenoxy) is 1. The monoisotopic (exact) mass is 292 g/mol. The van der Waals surface area contributed by atoms with Gasteiger partial charge >= 0.3 is 5.97 Å². The van der Waals surface area contributed by atoms with E-state index in [1.165, 1.54) is 22.9 Å². The van der Waals surface area contributed by atoms with Gasteiger partial charge in [-0.2, -0.15) is 0 Å².